The van der Waals surface area contributed by atoms with E-state index < -0.39 is 17.7 Å². The van der Waals surface area contributed by atoms with E-state index in [1.54, 1.807) is 0 Å². The van der Waals surface area contributed by atoms with Gasteiger partial charge >= 0.3 is 11.6 Å². The summed E-state index contributed by atoms with van der Waals surface area (Å²) >= 11 is 0. The molecule has 0 aliphatic carbocycles. The zero-order valence-corrected chi connectivity index (χ0v) is 14.8. The Balaban J connectivity index is 1.98. The molecule has 1 fully saturated rings. The molecule has 0 spiro atoms. The molecule has 1 heterocycles. The topological polar surface area (TPSA) is 85.3 Å². The zero-order chi connectivity index (χ0) is 18.3. The molecule has 0 aromatic heterocycles. The fourth-order valence-corrected chi connectivity index (χ4v) is 2.74. The first-order chi connectivity index (χ1) is 12.0. The van der Waals surface area contributed by atoms with Gasteiger partial charge in [0.1, 0.15) is 5.92 Å². The molecule has 7 nitrogen and oxygen atoms in total. The van der Waals surface area contributed by atoms with E-state index in [9.17, 15) is 10.5 Å². The van der Waals surface area contributed by atoms with Crippen molar-refractivity contribution >= 4 is 0 Å². The van der Waals surface area contributed by atoms with E-state index in [1.807, 2.05) is 44.2 Å². The Labute approximate surface area is 147 Å². The summed E-state index contributed by atoms with van der Waals surface area (Å²) < 4.78 is 22.1. The van der Waals surface area contributed by atoms with Gasteiger partial charge in [-0.2, -0.15) is 0 Å². The number of aliphatic hydroxyl groups is 1. The summed E-state index contributed by atoms with van der Waals surface area (Å²) in [5.74, 6) is -1.67. The van der Waals surface area contributed by atoms with Crippen LogP contribution in [0.1, 0.15) is 25.8 Å². The Morgan fingerprint density at radius 2 is 2.08 bits per heavy atom. The predicted octanol–water partition coefficient (Wildman–Crippen LogP) is 3.59. The molecule has 1 aromatic carbocycles. The first kappa shape index (κ1) is 19.2. The van der Waals surface area contributed by atoms with Gasteiger partial charge in [-0.1, -0.05) is 30.3 Å². The van der Waals surface area contributed by atoms with Crippen LogP contribution in [-0.2, 0) is 25.6 Å². The molecule has 136 valence electrons. The molecule has 2 rings (SSSR count). The van der Waals surface area contributed by atoms with Crippen LogP contribution in [0.15, 0.2) is 42.0 Å². The second kappa shape index (κ2) is 8.81. The number of ether oxygens (including phenoxy) is 4. The predicted molar refractivity (Wildman–Crippen MR) is 90.9 cm³/mol. The van der Waals surface area contributed by atoms with Gasteiger partial charge in [-0.15, -0.1) is 0 Å². The third-order valence-electron chi connectivity index (χ3n) is 4.02. The highest BCUT2D eigenvalue weighted by molar-refractivity contribution is 5.17. The first-order valence-electron chi connectivity index (χ1n) is 8.22. The molecular formula is C18H25N2O5+. The standard InChI is InChI=1S/C18H24N2O5/c1-18(2)24-12-14(16(20-19)17(21)22-3)15(25-18)9-10-23-11-13-7-5-4-6-8-13/h4-8,14-15H,9-12H2,1-3H3/p+1/b17-16-/t14-,15-/m1/s1. The number of diazo groups is 1. The van der Waals surface area contributed by atoms with Crippen molar-refractivity contribution in [3.8, 4) is 0 Å². The average molecular weight is 349 g/mol. The highest BCUT2D eigenvalue weighted by Crippen LogP contribution is 2.34. The summed E-state index contributed by atoms with van der Waals surface area (Å²) in [6.45, 7) is 4.84. The lowest BCUT2D eigenvalue weighted by atomic mass is 9.95. The smallest absolute Gasteiger partial charge is 0.448 e. The summed E-state index contributed by atoms with van der Waals surface area (Å²) in [4.78, 5) is 3.16. The molecule has 1 aliphatic heterocycles. The van der Waals surface area contributed by atoms with Gasteiger partial charge in [0.2, 0.25) is 5.39 Å². The van der Waals surface area contributed by atoms with Crippen molar-refractivity contribution in [2.45, 2.75) is 38.8 Å². The molecule has 1 saturated heterocycles. The second-order valence-electron chi connectivity index (χ2n) is 6.30. The van der Waals surface area contributed by atoms with Gasteiger partial charge in [0.05, 0.1) is 26.4 Å². The van der Waals surface area contributed by atoms with Crippen LogP contribution in [0.25, 0.3) is 4.98 Å². The number of benzene rings is 1. The van der Waals surface area contributed by atoms with E-state index in [4.69, 9.17) is 18.9 Å². The van der Waals surface area contributed by atoms with Gasteiger partial charge in [-0.05, 0) is 25.8 Å². The molecule has 1 aliphatic rings. The average Bonchev–Trinajstić information content (AvgIpc) is 2.61. The molecule has 0 unspecified atom stereocenters. The minimum Gasteiger partial charge on any atom is -0.475 e. The Hall–Kier alpha value is -2.14. The molecule has 1 N–H and O–H groups in total. The van der Waals surface area contributed by atoms with Crippen molar-refractivity contribution in [1.29, 1.82) is 5.39 Å². The molecule has 0 amide bonds. The number of methoxy groups -OCH3 is 1. The van der Waals surface area contributed by atoms with E-state index in [1.165, 1.54) is 7.11 Å². The number of aliphatic hydroxyl groups excluding tert-OH is 1. The van der Waals surface area contributed by atoms with Crippen LogP contribution in [0.2, 0.25) is 0 Å². The SMILES string of the molecule is CO/C(O)=C(\[N+]#N)[C@@H]1COC(C)(C)O[C@@H]1CCOCc1ccccc1. The lowest BCUT2D eigenvalue weighted by Gasteiger charge is -2.38. The molecule has 1 aromatic rings. The van der Waals surface area contributed by atoms with Crippen LogP contribution in [-0.4, -0.2) is 37.3 Å². The number of rotatable bonds is 7. The van der Waals surface area contributed by atoms with Crippen molar-refractivity contribution in [2.75, 3.05) is 20.3 Å². The maximum absolute atomic E-state index is 9.80. The van der Waals surface area contributed by atoms with Gasteiger partial charge in [0.25, 0.3) is 0 Å². The molecule has 2 atom stereocenters. The minimum absolute atomic E-state index is 0.00561. The molecule has 0 bridgehead atoms. The van der Waals surface area contributed by atoms with Crippen molar-refractivity contribution in [3.63, 3.8) is 0 Å². The van der Waals surface area contributed by atoms with Gasteiger partial charge in [0, 0.05) is 6.61 Å². The third-order valence-corrected chi connectivity index (χ3v) is 4.02. The number of nitrogens with zero attached hydrogens (tertiary/aromatic N) is 2. The fraction of sp³-hybridized carbons (Fsp3) is 0.556. The first-order valence-corrected chi connectivity index (χ1v) is 8.22. The largest absolute Gasteiger partial charge is 0.475 e. The highest BCUT2D eigenvalue weighted by atomic mass is 16.7. The van der Waals surface area contributed by atoms with E-state index in [0.29, 0.717) is 19.6 Å². The fourth-order valence-electron chi connectivity index (χ4n) is 2.74. The number of hydrogen-bond donors (Lipinski definition) is 1. The minimum atomic E-state index is -0.760. The lowest BCUT2D eigenvalue weighted by molar-refractivity contribution is -0.290. The van der Waals surface area contributed by atoms with Crippen LogP contribution in [0.4, 0.5) is 0 Å². The van der Waals surface area contributed by atoms with Crippen molar-refractivity contribution in [3.05, 3.63) is 52.5 Å². The van der Waals surface area contributed by atoms with Crippen LogP contribution in [0.3, 0.4) is 0 Å². The maximum atomic E-state index is 9.80. The normalized spacial score (nSPS) is 23.4. The van der Waals surface area contributed by atoms with Crippen LogP contribution < -0.4 is 0 Å². The van der Waals surface area contributed by atoms with E-state index in [-0.39, 0.29) is 18.4 Å². The molecule has 0 radical (unpaired) electrons. The van der Waals surface area contributed by atoms with Crippen LogP contribution in [0, 0.1) is 11.3 Å². The van der Waals surface area contributed by atoms with Gasteiger partial charge in [-0.25, -0.2) is 0 Å². The monoisotopic (exact) mass is 349 g/mol. The van der Waals surface area contributed by atoms with Crippen LogP contribution >= 0.6 is 0 Å². The Morgan fingerprint density at radius 3 is 2.72 bits per heavy atom. The summed E-state index contributed by atoms with van der Waals surface area (Å²) in [5.41, 5.74) is 1.10. The molecule has 0 saturated carbocycles. The Bertz CT molecular complexity index is 624. The second-order valence-corrected chi connectivity index (χ2v) is 6.30. The highest BCUT2D eigenvalue weighted by Gasteiger charge is 2.46. The summed E-state index contributed by atoms with van der Waals surface area (Å²) in [6.07, 6.45) is 0.211. The van der Waals surface area contributed by atoms with Crippen molar-refractivity contribution in [1.82, 2.24) is 0 Å². The number of hydrogen-bond acceptors (Lipinski definition) is 6. The third kappa shape index (κ3) is 5.43. The van der Waals surface area contributed by atoms with E-state index in [2.05, 4.69) is 4.98 Å². The van der Waals surface area contributed by atoms with Crippen molar-refractivity contribution < 1.29 is 24.1 Å². The Kier molecular flexibility index (Phi) is 6.76. The van der Waals surface area contributed by atoms with Crippen LogP contribution in [0.5, 0.6) is 0 Å². The lowest BCUT2D eigenvalue weighted by Crippen LogP contribution is -2.46. The van der Waals surface area contributed by atoms with Crippen molar-refractivity contribution in [2.24, 2.45) is 5.92 Å². The zero-order valence-electron chi connectivity index (χ0n) is 14.8. The maximum Gasteiger partial charge on any atom is 0.448 e. The summed E-state index contributed by atoms with van der Waals surface area (Å²) in [6, 6.07) is 9.89. The molecule has 25 heavy (non-hydrogen) atoms. The van der Waals surface area contributed by atoms with E-state index in [0.717, 1.165) is 5.56 Å². The summed E-state index contributed by atoms with van der Waals surface area (Å²) in [5, 5.41) is 19.0. The van der Waals surface area contributed by atoms with E-state index >= 15 is 0 Å². The Morgan fingerprint density at radius 1 is 1.36 bits per heavy atom. The quantitative estimate of drug-likeness (QED) is 0.460. The van der Waals surface area contributed by atoms with Gasteiger partial charge in [-0.3, -0.25) is 0 Å². The van der Waals surface area contributed by atoms with Gasteiger partial charge in [0.15, 0.2) is 10.8 Å². The molecular weight excluding hydrogens is 324 g/mol. The molecule has 7 heteroatoms. The summed E-state index contributed by atoms with van der Waals surface area (Å²) in [7, 11) is 1.30. The van der Waals surface area contributed by atoms with Gasteiger partial charge < -0.3 is 24.1 Å².